The lowest BCUT2D eigenvalue weighted by Crippen LogP contribution is -2.44. The highest BCUT2D eigenvalue weighted by atomic mass is 16.6. The Balaban J connectivity index is 1.76. The van der Waals surface area contributed by atoms with Crippen LogP contribution in [-0.2, 0) is 4.74 Å². The molecule has 1 saturated heterocycles. The largest absolute Gasteiger partial charge is 0.507 e. The summed E-state index contributed by atoms with van der Waals surface area (Å²) in [4.78, 5) is 27.0. The minimum Gasteiger partial charge on any atom is -0.507 e. The summed E-state index contributed by atoms with van der Waals surface area (Å²) in [6.07, 6.45) is 1.03. The number of rotatable bonds is 3. The van der Waals surface area contributed by atoms with Crippen molar-refractivity contribution in [1.82, 2.24) is 15.1 Å². The zero-order valence-corrected chi connectivity index (χ0v) is 18.2. The number of aromatic hydroxyl groups is 1. The molecular formula is C23H29N3O4. The third-order valence-electron chi connectivity index (χ3n) is 5.09. The molecule has 0 aliphatic carbocycles. The van der Waals surface area contributed by atoms with E-state index in [-0.39, 0.29) is 23.1 Å². The molecule has 160 valence electrons. The maximum atomic E-state index is 13.0. The van der Waals surface area contributed by atoms with Crippen molar-refractivity contribution in [3.63, 3.8) is 0 Å². The van der Waals surface area contributed by atoms with E-state index in [9.17, 15) is 14.7 Å². The number of carbonyl (C=O) groups is 2. The van der Waals surface area contributed by atoms with Gasteiger partial charge in [0.15, 0.2) is 5.78 Å². The van der Waals surface area contributed by atoms with Crippen molar-refractivity contribution in [1.29, 1.82) is 0 Å². The number of carbonyl (C=O) groups excluding carboxylic acids is 2. The maximum absolute atomic E-state index is 13.0. The molecule has 0 saturated carbocycles. The van der Waals surface area contributed by atoms with Crippen LogP contribution in [0.4, 0.5) is 4.79 Å². The van der Waals surface area contributed by atoms with E-state index < -0.39 is 11.7 Å². The smallest absolute Gasteiger partial charge is 0.410 e. The molecule has 1 amide bonds. The fourth-order valence-electron chi connectivity index (χ4n) is 3.61. The number of Topliss-reactive ketones (excluding diaryl/α,β-unsaturated/α-hetero) is 1. The molecule has 3 rings (SSSR count). The standard InChI is InChI=1S/C23H29N3O4/c1-14-8-9-17(19(27)11-14)20-15(2)12-18(24-25-20)21(28)16-7-6-10-26(13-16)22(29)30-23(3,4)5/h8-9,11-12,16,27H,6-7,10,13H2,1-5H3/t16-/m0/s1. The van der Waals surface area contributed by atoms with Crippen LogP contribution < -0.4 is 0 Å². The van der Waals surface area contributed by atoms with Crippen LogP contribution in [0.3, 0.4) is 0 Å². The SMILES string of the molecule is Cc1ccc(-c2nnc(C(=O)[C@H]3CCCN(C(=O)OC(C)(C)C)C3)cc2C)c(O)c1. The number of hydrogen-bond acceptors (Lipinski definition) is 6. The second kappa shape index (κ2) is 8.42. The number of nitrogens with zero attached hydrogens (tertiary/aromatic N) is 3. The number of ketones is 1. The van der Waals surface area contributed by atoms with Gasteiger partial charge in [-0.25, -0.2) is 4.79 Å². The summed E-state index contributed by atoms with van der Waals surface area (Å²) in [5, 5.41) is 18.6. The number of hydrogen-bond donors (Lipinski definition) is 1. The molecule has 2 heterocycles. The van der Waals surface area contributed by atoms with Gasteiger partial charge in [-0.3, -0.25) is 4.79 Å². The lowest BCUT2D eigenvalue weighted by Gasteiger charge is -2.33. The first-order valence-electron chi connectivity index (χ1n) is 10.2. The van der Waals surface area contributed by atoms with Gasteiger partial charge in [0.25, 0.3) is 0 Å². The van der Waals surface area contributed by atoms with E-state index in [2.05, 4.69) is 10.2 Å². The first kappa shape index (κ1) is 21.7. The summed E-state index contributed by atoms with van der Waals surface area (Å²) in [7, 11) is 0. The Bertz CT molecular complexity index is 965. The Labute approximate surface area is 177 Å². The van der Waals surface area contributed by atoms with E-state index in [0.29, 0.717) is 30.8 Å². The van der Waals surface area contributed by atoms with Crippen LogP contribution in [0.25, 0.3) is 11.3 Å². The highest BCUT2D eigenvalue weighted by Crippen LogP contribution is 2.31. The lowest BCUT2D eigenvalue weighted by atomic mass is 9.91. The molecular weight excluding hydrogens is 382 g/mol. The van der Waals surface area contributed by atoms with Crippen molar-refractivity contribution in [3.05, 3.63) is 41.1 Å². The molecule has 0 bridgehead atoms. The van der Waals surface area contributed by atoms with Gasteiger partial charge in [0.2, 0.25) is 0 Å². The fourth-order valence-corrected chi connectivity index (χ4v) is 3.61. The molecule has 0 unspecified atom stereocenters. The molecule has 2 aromatic rings. The van der Waals surface area contributed by atoms with E-state index in [1.165, 1.54) is 0 Å². The molecule has 1 aliphatic heterocycles. The van der Waals surface area contributed by atoms with Gasteiger partial charge in [-0.1, -0.05) is 6.07 Å². The molecule has 7 heteroatoms. The van der Waals surface area contributed by atoms with E-state index in [1.807, 2.05) is 40.7 Å². The van der Waals surface area contributed by atoms with E-state index in [0.717, 1.165) is 17.5 Å². The summed E-state index contributed by atoms with van der Waals surface area (Å²) >= 11 is 0. The molecule has 0 radical (unpaired) electrons. The number of piperidine rings is 1. The Morgan fingerprint density at radius 2 is 1.90 bits per heavy atom. The Morgan fingerprint density at radius 1 is 1.17 bits per heavy atom. The molecule has 0 spiro atoms. The third kappa shape index (κ3) is 4.96. The average molecular weight is 412 g/mol. The van der Waals surface area contributed by atoms with E-state index >= 15 is 0 Å². The zero-order chi connectivity index (χ0) is 22.1. The quantitative estimate of drug-likeness (QED) is 0.757. The minimum absolute atomic E-state index is 0.126. The summed E-state index contributed by atoms with van der Waals surface area (Å²) in [6.45, 7) is 10.1. The molecule has 7 nitrogen and oxygen atoms in total. The molecule has 1 aliphatic rings. The van der Waals surface area contributed by atoms with Gasteiger partial charge in [-0.15, -0.1) is 10.2 Å². The van der Waals surface area contributed by atoms with Crippen molar-refractivity contribution >= 4 is 11.9 Å². The number of amides is 1. The molecule has 1 atom stereocenters. The van der Waals surface area contributed by atoms with E-state index in [1.54, 1.807) is 23.1 Å². The van der Waals surface area contributed by atoms with Gasteiger partial charge in [-0.2, -0.15) is 0 Å². The predicted molar refractivity (Wildman–Crippen MR) is 113 cm³/mol. The second-order valence-electron chi connectivity index (χ2n) is 8.91. The van der Waals surface area contributed by atoms with Crippen LogP contribution in [0.5, 0.6) is 5.75 Å². The summed E-state index contributed by atoms with van der Waals surface area (Å²) in [5.41, 5.74) is 2.53. The zero-order valence-electron chi connectivity index (χ0n) is 18.2. The number of ether oxygens (including phenoxy) is 1. The molecule has 1 aromatic heterocycles. The van der Waals surface area contributed by atoms with Crippen LogP contribution >= 0.6 is 0 Å². The number of aryl methyl sites for hydroxylation is 2. The second-order valence-corrected chi connectivity index (χ2v) is 8.91. The highest BCUT2D eigenvalue weighted by Gasteiger charge is 2.32. The van der Waals surface area contributed by atoms with Crippen LogP contribution in [0.1, 0.15) is 55.2 Å². The Morgan fingerprint density at radius 3 is 2.53 bits per heavy atom. The maximum Gasteiger partial charge on any atom is 0.410 e. The Kier molecular flexibility index (Phi) is 6.10. The molecule has 1 fully saturated rings. The molecule has 1 aromatic carbocycles. The van der Waals surface area contributed by atoms with Crippen molar-refractivity contribution in [2.24, 2.45) is 5.92 Å². The number of aromatic nitrogens is 2. The van der Waals surface area contributed by atoms with Crippen molar-refractivity contribution < 1.29 is 19.4 Å². The summed E-state index contributed by atoms with van der Waals surface area (Å²) in [6, 6.07) is 7.06. The van der Waals surface area contributed by atoms with Gasteiger partial charge < -0.3 is 14.7 Å². The summed E-state index contributed by atoms with van der Waals surface area (Å²) in [5.74, 6) is -0.330. The topological polar surface area (TPSA) is 92.6 Å². The number of likely N-dealkylation sites (tertiary alicyclic amines) is 1. The van der Waals surface area contributed by atoms with Gasteiger partial charge in [-0.05, 0) is 76.8 Å². The van der Waals surface area contributed by atoms with Gasteiger partial charge in [0.1, 0.15) is 17.0 Å². The highest BCUT2D eigenvalue weighted by molar-refractivity contribution is 5.97. The summed E-state index contributed by atoms with van der Waals surface area (Å²) < 4.78 is 5.44. The van der Waals surface area contributed by atoms with Gasteiger partial charge in [0.05, 0.1) is 5.69 Å². The first-order valence-corrected chi connectivity index (χ1v) is 10.2. The lowest BCUT2D eigenvalue weighted by molar-refractivity contribution is 0.0171. The minimum atomic E-state index is -0.575. The number of benzene rings is 1. The predicted octanol–water partition coefficient (Wildman–Crippen LogP) is 4.30. The first-order chi connectivity index (χ1) is 14.0. The normalized spacial score (nSPS) is 17.0. The molecule has 30 heavy (non-hydrogen) atoms. The van der Waals surface area contributed by atoms with Crippen LogP contribution in [-0.4, -0.2) is 50.8 Å². The molecule has 1 N–H and O–H groups in total. The van der Waals surface area contributed by atoms with Crippen molar-refractivity contribution in [2.75, 3.05) is 13.1 Å². The number of phenols is 1. The monoisotopic (exact) mass is 411 g/mol. The van der Waals surface area contributed by atoms with Crippen molar-refractivity contribution in [2.45, 2.75) is 53.1 Å². The third-order valence-corrected chi connectivity index (χ3v) is 5.09. The van der Waals surface area contributed by atoms with Crippen molar-refractivity contribution in [3.8, 4) is 17.0 Å². The van der Waals surface area contributed by atoms with Crippen LogP contribution in [0, 0.1) is 19.8 Å². The van der Waals surface area contributed by atoms with Gasteiger partial charge >= 0.3 is 6.09 Å². The van der Waals surface area contributed by atoms with Gasteiger partial charge in [0, 0.05) is 24.6 Å². The average Bonchev–Trinajstić information content (AvgIpc) is 2.67. The van der Waals surface area contributed by atoms with E-state index in [4.69, 9.17) is 4.74 Å². The Hall–Kier alpha value is -2.96. The number of phenolic OH excluding ortho intramolecular Hbond substituents is 1. The van der Waals surface area contributed by atoms with Crippen LogP contribution in [0.15, 0.2) is 24.3 Å². The fraction of sp³-hybridized carbons (Fsp3) is 0.478. The van der Waals surface area contributed by atoms with Crippen LogP contribution in [0.2, 0.25) is 0 Å².